The largest absolute Gasteiger partial charge is 0.496 e. The molecule has 0 spiro atoms. The molecule has 2 aromatic carbocycles. The van der Waals surface area contributed by atoms with E-state index in [1.165, 1.54) is 16.5 Å². The highest BCUT2D eigenvalue weighted by Gasteiger charge is 2.26. The molecule has 1 aliphatic rings. The van der Waals surface area contributed by atoms with Crippen LogP contribution in [0.15, 0.2) is 54.6 Å². The lowest BCUT2D eigenvalue weighted by atomic mass is 10.00. The highest BCUT2D eigenvalue weighted by Crippen LogP contribution is 2.32. The van der Waals surface area contributed by atoms with Gasteiger partial charge in [-0.3, -0.25) is 9.88 Å². The fraction of sp³-hybridized carbons (Fsp3) is 0.318. The van der Waals surface area contributed by atoms with Crippen LogP contribution in [0.5, 0.6) is 5.75 Å². The number of ether oxygens (including phenoxy) is 1. The van der Waals surface area contributed by atoms with Crippen LogP contribution < -0.4 is 10.1 Å². The number of halogens is 2. The Morgan fingerprint density at radius 1 is 1.11 bits per heavy atom. The summed E-state index contributed by atoms with van der Waals surface area (Å²) in [5, 5.41) is 4.79. The van der Waals surface area contributed by atoms with Gasteiger partial charge in [0, 0.05) is 42.8 Å². The van der Waals surface area contributed by atoms with Crippen molar-refractivity contribution < 1.29 is 4.74 Å². The van der Waals surface area contributed by atoms with Gasteiger partial charge in [-0.15, -0.1) is 24.8 Å². The van der Waals surface area contributed by atoms with E-state index in [0.29, 0.717) is 6.04 Å². The summed E-state index contributed by atoms with van der Waals surface area (Å²) in [6.45, 7) is 5.94. The van der Waals surface area contributed by atoms with E-state index in [0.717, 1.165) is 43.1 Å². The van der Waals surface area contributed by atoms with E-state index in [9.17, 15) is 0 Å². The summed E-state index contributed by atoms with van der Waals surface area (Å²) >= 11 is 0. The second-order valence-corrected chi connectivity index (χ2v) is 6.87. The van der Waals surface area contributed by atoms with Gasteiger partial charge in [0.2, 0.25) is 0 Å². The Morgan fingerprint density at radius 2 is 1.86 bits per heavy atom. The molecule has 1 atom stereocenters. The van der Waals surface area contributed by atoms with Gasteiger partial charge in [0.15, 0.2) is 0 Å². The lowest BCUT2D eigenvalue weighted by Crippen LogP contribution is -2.45. The standard InChI is InChI=1S/C22H25N3O.2ClH/c1-16-13-17(18-7-3-5-9-20(18)24-16)15-25-12-11-23-14-21(25)19-8-4-6-10-22(19)26-2;;/h3-10,13,21,23H,11-12,14-15H2,1-2H3;2*1H. The van der Waals surface area contributed by atoms with Gasteiger partial charge in [0.1, 0.15) is 5.75 Å². The van der Waals surface area contributed by atoms with Crippen LogP contribution in [0.2, 0.25) is 0 Å². The summed E-state index contributed by atoms with van der Waals surface area (Å²) in [4.78, 5) is 7.23. The predicted molar refractivity (Wildman–Crippen MR) is 120 cm³/mol. The molecule has 4 nitrogen and oxygen atoms in total. The fourth-order valence-electron chi connectivity index (χ4n) is 3.93. The first-order valence-corrected chi connectivity index (χ1v) is 9.19. The number of nitrogens with one attached hydrogen (secondary N) is 1. The van der Waals surface area contributed by atoms with Gasteiger partial charge in [-0.1, -0.05) is 36.4 Å². The quantitative estimate of drug-likeness (QED) is 0.673. The van der Waals surface area contributed by atoms with Crippen LogP contribution in [0.4, 0.5) is 0 Å². The molecule has 1 saturated heterocycles. The molecule has 3 aromatic rings. The molecule has 1 N–H and O–H groups in total. The molecular weight excluding hydrogens is 393 g/mol. The van der Waals surface area contributed by atoms with Gasteiger partial charge in [0.05, 0.1) is 18.7 Å². The van der Waals surface area contributed by atoms with Crippen LogP contribution in [0, 0.1) is 6.92 Å². The number of piperazine rings is 1. The van der Waals surface area contributed by atoms with Gasteiger partial charge in [-0.25, -0.2) is 0 Å². The number of benzene rings is 2. The van der Waals surface area contributed by atoms with E-state index in [1.807, 2.05) is 12.1 Å². The van der Waals surface area contributed by atoms with Gasteiger partial charge in [-0.05, 0) is 30.7 Å². The maximum Gasteiger partial charge on any atom is 0.123 e. The topological polar surface area (TPSA) is 37.4 Å². The number of para-hydroxylation sites is 2. The van der Waals surface area contributed by atoms with Crippen molar-refractivity contribution >= 4 is 35.7 Å². The van der Waals surface area contributed by atoms with Crippen molar-refractivity contribution in [3.05, 3.63) is 71.4 Å². The number of rotatable bonds is 4. The zero-order valence-corrected chi connectivity index (χ0v) is 17.9. The normalized spacial score (nSPS) is 16.9. The van der Waals surface area contributed by atoms with Gasteiger partial charge in [0.25, 0.3) is 0 Å². The minimum Gasteiger partial charge on any atom is -0.496 e. The summed E-state index contributed by atoms with van der Waals surface area (Å²) in [6.07, 6.45) is 0. The first kappa shape index (κ1) is 22.4. The minimum atomic E-state index is 0. The third-order valence-corrected chi connectivity index (χ3v) is 5.16. The van der Waals surface area contributed by atoms with Gasteiger partial charge >= 0.3 is 0 Å². The summed E-state index contributed by atoms with van der Waals surface area (Å²) in [5.41, 5.74) is 4.74. The predicted octanol–water partition coefficient (Wildman–Crippen LogP) is 4.54. The molecule has 4 rings (SSSR count). The van der Waals surface area contributed by atoms with Crippen molar-refractivity contribution in [3.8, 4) is 5.75 Å². The van der Waals surface area contributed by atoms with Crippen LogP contribution >= 0.6 is 24.8 Å². The average molecular weight is 420 g/mol. The molecule has 1 fully saturated rings. The lowest BCUT2D eigenvalue weighted by Gasteiger charge is -2.37. The van der Waals surface area contributed by atoms with E-state index in [2.05, 4.69) is 64.6 Å². The monoisotopic (exact) mass is 419 g/mol. The Hall–Kier alpha value is -1.85. The lowest BCUT2D eigenvalue weighted by molar-refractivity contribution is 0.151. The average Bonchev–Trinajstić information content (AvgIpc) is 2.68. The molecule has 1 aromatic heterocycles. The second kappa shape index (κ2) is 10.1. The molecule has 0 bridgehead atoms. The number of pyridine rings is 1. The Labute approximate surface area is 179 Å². The molecule has 0 aliphatic carbocycles. The summed E-state index contributed by atoms with van der Waals surface area (Å²) in [5.74, 6) is 0.960. The van der Waals surface area contributed by atoms with Crippen LogP contribution in [-0.2, 0) is 6.54 Å². The highest BCUT2D eigenvalue weighted by molar-refractivity contribution is 5.85. The van der Waals surface area contributed by atoms with E-state index < -0.39 is 0 Å². The van der Waals surface area contributed by atoms with Crippen LogP contribution in [-0.4, -0.2) is 36.6 Å². The molecular formula is C22H27Cl2N3O. The van der Waals surface area contributed by atoms with Crippen LogP contribution in [0.25, 0.3) is 10.9 Å². The molecule has 1 unspecified atom stereocenters. The van der Waals surface area contributed by atoms with Gasteiger partial charge < -0.3 is 10.1 Å². The molecule has 0 radical (unpaired) electrons. The van der Waals surface area contributed by atoms with Crippen molar-refractivity contribution in [3.63, 3.8) is 0 Å². The molecule has 0 saturated carbocycles. The first-order valence-electron chi connectivity index (χ1n) is 9.19. The zero-order chi connectivity index (χ0) is 17.9. The van der Waals surface area contributed by atoms with E-state index in [4.69, 9.17) is 4.74 Å². The zero-order valence-electron chi connectivity index (χ0n) is 16.2. The first-order chi connectivity index (χ1) is 12.8. The van der Waals surface area contributed by atoms with E-state index in [1.54, 1.807) is 7.11 Å². The van der Waals surface area contributed by atoms with Crippen molar-refractivity contribution in [1.82, 2.24) is 15.2 Å². The SMILES string of the molecule is COc1ccccc1C1CNCCN1Cc1cc(C)nc2ccccc12.Cl.Cl. The Kier molecular flexibility index (Phi) is 8.08. The molecule has 28 heavy (non-hydrogen) atoms. The van der Waals surface area contributed by atoms with E-state index in [-0.39, 0.29) is 24.8 Å². The Morgan fingerprint density at radius 3 is 2.68 bits per heavy atom. The van der Waals surface area contributed by atoms with Crippen molar-refractivity contribution in [2.45, 2.75) is 19.5 Å². The number of methoxy groups -OCH3 is 1. The Balaban J connectivity index is 0.00000140. The maximum absolute atomic E-state index is 5.62. The third kappa shape index (κ3) is 4.58. The molecule has 2 heterocycles. The highest BCUT2D eigenvalue weighted by atomic mass is 35.5. The number of aromatic nitrogens is 1. The smallest absolute Gasteiger partial charge is 0.123 e. The molecule has 1 aliphatic heterocycles. The molecule has 0 amide bonds. The third-order valence-electron chi connectivity index (χ3n) is 5.16. The number of hydrogen-bond acceptors (Lipinski definition) is 4. The maximum atomic E-state index is 5.62. The number of nitrogens with zero attached hydrogens (tertiary/aromatic N) is 2. The summed E-state index contributed by atoms with van der Waals surface area (Å²) in [7, 11) is 1.75. The van der Waals surface area contributed by atoms with Crippen molar-refractivity contribution in [1.29, 1.82) is 0 Å². The van der Waals surface area contributed by atoms with Gasteiger partial charge in [-0.2, -0.15) is 0 Å². The van der Waals surface area contributed by atoms with Crippen molar-refractivity contribution in [2.24, 2.45) is 0 Å². The Bertz CT molecular complexity index is 919. The number of fused-ring (bicyclic) bond motifs is 1. The van der Waals surface area contributed by atoms with Crippen molar-refractivity contribution in [2.75, 3.05) is 26.7 Å². The summed E-state index contributed by atoms with van der Waals surface area (Å²) < 4.78 is 5.62. The molecule has 150 valence electrons. The van der Waals surface area contributed by atoms with Crippen LogP contribution in [0.3, 0.4) is 0 Å². The minimum absolute atomic E-state index is 0. The second-order valence-electron chi connectivity index (χ2n) is 6.87. The fourth-order valence-corrected chi connectivity index (χ4v) is 3.93. The molecule has 6 heteroatoms. The number of aryl methyl sites for hydroxylation is 1. The van der Waals surface area contributed by atoms with E-state index >= 15 is 0 Å². The van der Waals surface area contributed by atoms with Crippen LogP contribution in [0.1, 0.15) is 22.9 Å². The summed E-state index contributed by atoms with van der Waals surface area (Å²) in [6, 6.07) is 19.3. The number of hydrogen-bond donors (Lipinski definition) is 1.